The Morgan fingerprint density at radius 2 is 2.05 bits per heavy atom. The molecule has 19 heavy (non-hydrogen) atoms. The molecule has 1 amide bonds. The first-order valence-corrected chi connectivity index (χ1v) is 7.22. The Bertz CT molecular complexity index is 278. The molecule has 2 rings (SSSR count). The van der Waals surface area contributed by atoms with Gasteiger partial charge in [0.25, 0.3) is 0 Å². The van der Waals surface area contributed by atoms with E-state index < -0.39 is 0 Å². The van der Waals surface area contributed by atoms with Crippen LogP contribution in [0.25, 0.3) is 0 Å². The molecule has 2 aliphatic rings. The van der Waals surface area contributed by atoms with E-state index in [2.05, 4.69) is 15.5 Å². The fourth-order valence-electron chi connectivity index (χ4n) is 2.18. The molecule has 0 radical (unpaired) electrons. The molecule has 1 heterocycles. The summed E-state index contributed by atoms with van der Waals surface area (Å²) in [6, 6.07) is 0. The molecule has 0 spiro atoms. The van der Waals surface area contributed by atoms with Gasteiger partial charge in [0.2, 0.25) is 5.91 Å². The molecule has 1 saturated heterocycles. The summed E-state index contributed by atoms with van der Waals surface area (Å²) in [5.74, 6) is 0.447. The predicted octanol–water partition coefficient (Wildman–Crippen LogP) is -1.20. The summed E-state index contributed by atoms with van der Waals surface area (Å²) in [5.41, 5.74) is 0. The Hall–Kier alpha value is -0.690. The highest BCUT2D eigenvalue weighted by Crippen LogP contribution is 2.28. The molecule has 1 aliphatic heterocycles. The number of hydrogen-bond acceptors (Lipinski definition) is 5. The molecule has 0 bridgehead atoms. The van der Waals surface area contributed by atoms with E-state index in [1.54, 1.807) is 0 Å². The zero-order valence-corrected chi connectivity index (χ0v) is 11.4. The third kappa shape index (κ3) is 5.86. The van der Waals surface area contributed by atoms with E-state index in [-0.39, 0.29) is 17.9 Å². The standard InChI is InChI=1S/C13H25N3O3/c17-12(10-16-5-7-19-8-6-16)9-14-3-4-15-13(18)11-1-2-11/h11-12,14,17H,1-10H2,(H,15,18). The summed E-state index contributed by atoms with van der Waals surface area (Å²) in [4.78, 5) is 13.6. The maximum Gasteiger partial charge on any atom is 0.223 e. The van der Waals surface area contributed by atoms with Gasteiger partial charge in [-0.15, -0.1) is 0 Å². The van der Waals surface area contributed by atoms with Crippen molar-refractivity contribution >= 4 is 5.91 Å². The molecule has 1 saturated carbocycles. The van der Waals surface area contributed by atoms with Gasteiger partial charge in [-0.3, -0.25) is 9.69 Å². The van der Waals surface area contributed by atoms with Crippen LogP contribution in [0.15, 0.2) is 0 Å². The van der Waals surface area contributed by atoms with E-state index in [1.165, 1.54) is 0 Å². The molecular formula is C13H25N3O3. The third-order valence-electron chi connectivity index (χ3n) is 3.50. The van der Waals surface area contributed by atoms with Gasteiger partial charge in [-0.25, -0.2) is 0 Å². The first-order valence-electron chi connectivity index (χ1n) is 7.22. The summed E-state index contributed by atoms with van der Waals surface area (Å²) in [6.45, 7) is 5.91. The van der Waals surface area contributed by atoms with Crippen LogP contribution in [-0.4, -0.2) is 74.5 Å². The van der Waals surface area contributed by atoms with Crippen molar-refractivity contribution in [1.82, 2.24) is 15.5 Å². The molecule has 110 valence electrons. The van der Waals surface area contributed by atoms with Gasteiger partial charge in [0, 0.05) is 45.2 Å². The second kappa shape index (κ2) is 7.79. The Morgan fingerprint density at radius 3 is 2.74 bits per heavy atom. The number of nitrogens with one attached hydrogen (secondary N) is 2. The van der Waals surface area contributed by atoms with Crippen LogP contribution in [0, 0.1) is 5.92 Å². The van der Waals surface area contributed by atoms with Gasteiger partial charge < -0.3 is 20.5 Å². The van der Waals surface area contributed by atoms with Gasteiger partial charge in [0.15, 0.2) is 0 Å². The maximum atomic E-state index is 11.4. The SMILES string of the molecule is O=C(NCCNCC(O)CN1CCOCC1)C1CC1. The number of aliphatic hydroxyl groups excluding tert-OH is 1. The first kappa shape index (κ1) is 14.7. The number of ether oxygens (including phenoxy) is 1. The molecule has 3 N–H and O–H groups in total. The van der Waals surface area contributed by atoms with Gasteiger partial charge in [-0.05, 0) is 12.8 Å². The van der Waals surface area contributed by atoms with Crippen LogP contribution >= 0.6 is 0 Å². The molecule has 1 unspecified atom stereocenters. The Morgan fingerprint density at radius 1 is 1.32 bits per heavy atom. The summed E-state index contributed by atoms with van der Waals surface area (Å²) >= 11 is 0. The van der Waals surface area contributed by atoms with Crippen LogP contribution in [0.2, 0.25) is 0 Å². The fraction of sp³-hybridized carbons (Fsp3) is 0.923. The minimum absolute atomic E-state index is 0.177. The van der Waals surface area contributed by atoms with Crippen LogP contribution in [0.5, 0.6) is 0 Å². The van der Waals surface area contributed by atoms with Gasteiger partial charge in [0.1, 0.15) is 0 Å². The topological polar surface area (TPSA) is 73.8 Å². The quantitative estimate of drug-likeness (QED) is 0.483. The highest BCUT2D eigenvalue weighted by molar-refractivity contribution is 5.80. The minimum atomic E-state index is -0.364. The number of rotatable bonds is 8. The van der Waals surface area contributed by atoms with E-state index in [4.69, 9.17) is 4.74 Å². The normalized spacial score (nSPS) is 22.2. The molecule has 1 aliphatic carbocycles. The van der Waals surface area contributed by atoms with Crippen LogP contribution in [0.1, 0.15) is 12.8 Å². The number of hydrogen-bond donors (Lipinski definition) is 3. The highest BCUT2D eigenvalue weighted by atomic mass is 16.5. The van der Waals surface area contributed by atoms with Crippen molar-refractivity contribution < 1.29 is 14.6 Å². The largest absolute Gasteiger partial charge is 0.390 e. The zero-order valence-electron chi connectivity index (χ0n) is 11.4. The average Bonchev–Trinajstić information content (AvgIpc) is 3.23. The number of carbonyl (C=O) groups is 1. The molecule has 0 aromatic rings. The highest BCUT2D eigenvalue weighted by Gasteiger charge is 2.28. The van der Waals surface area contributed by atoms with Crippen molar-refractivity contribution in [3.63, 3.8) is 0 Å². The molecule has 6 nitrogen and oxygen atoms in total. The minimum Gasteiger partial charge on any atom is -0.390 e. The van der Waals surface area contributed by atoms with Crippen LogP contribution in [0.4, 0.5) is 0 Å². The molecule has 1 atom stereocenters. The van der Waals surface area contributed by atoms with Crippen LogP contribution in [0.3, 0.4) is 0 Å². The lowest BCUT2D eigenvalue weighted by Crippen LogP contribution is -2.44. The number of morpholine rings is 1. The second-order valence-electron chi connectivity index (χ2n) is 5.34. The summed E-state index contributed by atoms with van der Waals surface area (Å²) in [7, 11) is 0. The number of amides is 1. The van der Waals surface area contributed by atoms with Crippen molar-refractivity contribution in [1.29, 1.82) is 0 Å². The second-order valence-corrected chi connectivity index (χ2v) is 5.34. The smallest absolute Gasteiger partial charge is 0.223 e. The van der Waals surface area contributed by atoms with E-state index >= 15 is 0 Å². The Balaban J connectivity index is 1.44. The number of nitrogens with zero attached hydrogens (tertiary/aromatic N) is 1. The van der Waals surface area contributed by atoms with Gasteiger partial charge in [0.05, 0.1) is 19.3 Å². The van der Waals surface area contributed by atoms with Crippen LogP contribution in [-0.2, 0) is 9.53 Å². The lowest BCUT2D eigenvalue weighted by atomic mass is 10.3. The number of aliphatic hydroxyl groups is 1. The third-order valence-corrected chi connectivity index (χ3v) is 3.50. The van der Waals surface area contributed by atoms with Crippen molar-refractivity contribution in [3.8, 4) is 0 Å². The van der Waals surface area contributed by atoms with Gasteiger partial charge >= 0.3 is 0 Å². The predicted molar refractivity (Wildman–Crippen MR) is 71.9 cm³/mol. The Labute approximate surface area is 114 Å². The number of carbonyl (C=O) groups excluding carboxylic acids is 1. The molecule has 6 heteroatoms. The van der Waals surface area contributed by atoms with Crippen molar-refractivity contribution in [3.05, 3.63) is 0 Å². The summed E-state index contributed by atoms with van der Waals surface area (Å²) in [5, 5.41) is 15.9. The van der Waals surface area contributed by atoms with Crippen molar-refractivity contribution in [2.75, 3.05) is 52.5 Å². The van der Waals surface area contributed by atoms with Gasteiger partial charge in [-0.2, -0.15) is 0 Å². The maximum absolute atomic E-state index is 11.4. The molecule has 2 fully saturated rings. The monoisotopic (exact) mass is 271 g/mol. The average molecular weight is 271 g/mol. The summed E-state index contributed by atoms with van der Waals surface area (Å²) < 4.78 is 5.26. The van der Waals surface area contributed by atoms with E-state index in [1.807, 2.05) is 0 Å². The summed E-state index contributed by atoms with van der Waals surface area (Å²) in [6.07, 6.45) is 1.71. The molecular weight excluding hydrogens is 246 g/mol. The first-order chi connectivity index (χ1) is 9.25. The van der Waals surface area contributed by atoms with E-state index in [0.29, 0.717) is 26.2 Å². The fourth-order valence-corrected chi connectivity index (χ4v) is 2.18. The number of β-amino-alcohol motifs (C(OH)–C–C–N with tert-alkyl or cyclic N) is 1. The molecule has 0 aromatic heterocycles. The zero-order chi connectivity index (χ0) is 13.5. The van der Waals surface area contributed by atoms with Crippen molar-refractivity contribution in [2.24, 2.45) is 5.92 Å². The van der Waals surface area contributed by atoms with E-state index in [9.17, 15) is 9.90 Å². The van der Waals surface area contributed by atoms with Gasteiger partial charge in [-0.1, -0.05) is 0 Å². The lowest BCUT2D eigenvalue weighted by molar-refractivity contribution is -0.122. The van der Waals surface area contributed by atoms with Crippen molar-refractivity contribution in [2.45, 2.75) is 18.9 Å². The van der Waals surface area contributed by atoms with Crippen LogP contribution < -0.4 is 10.6 Å². The van der Waals surface area contributed by atoms with E-state index in [0.717, 1.165) is 39.1 Å². The Kier molecular flexibility index (Phi) is 6.03. The lowest BCUT2D eigenvalue weighted by Gasteiger charge is -2.28. The molecule has 0 aromatic carbocycles.